The summed E-state index contributed by atoms with van der Waals surface area (Å²) in [7, 11) is 1.48. The highest BCUT2D eigenvalue weighted by Crippen LogP contribution is 2.31. The van der Waals surface area contributed by atoms with E-state index in [1.807, 2.05) is 22.6 Å². The number of amides is 1. The largest absolute Gasteiger partial charge is 0.496 e. The molecule has 1 aliphatic heterocycles. The molecule has 1 amide bonds. The van der Waals surface area contributed by atoms with Gasteiger partial charge in [0.2, 0.25) is 0 Å². The fourth-order valence-electron chi connectivity index (χ4n) is 2.54. The zero-order valence-electron chi connectivity index (χ0n) is 12.6. The molecule has 1 aromatic rings. The normalized spacial score (nSPS) is 18.6. The Bertz CT molecular complexity index is 581. The molecule has 0 aliphatic carbocycles. The van der Waals surface area contributed by atoms with E-state index in [1.165, 1.54) is 7.11 Å². The van der Waals surface area contributed by atoms with Gasteiger partial charge in [0.25, 0.3) is 5.91 Å². The van der Waals surface area contributed by atoms with Crippen LogP contribution in [-0.2, 0) is 11.3 Å². The fourth-order valence-corrected chi connectivity index (χ4v) is 3.16. The number of hydrogen-bond donors (Lipinski definition) is 2. The number of ether oxygens (including phenoxy) is 1. The summed E-state index contributed by atoms with van der Waals surface area (Å²) in [6, 6.07) is 3.32. The van der Waals surface area contributed by atoms with Crippen LogP contribution in [-0.4, -0.2) is 32.0 Å². The quantitative estimate of drug-likeness (QED) is 0.667. The number of hydrogen-bond acceptors (Lipinski definition) is 3. The first-order valence-corrected chi connectivity index (χ1v) is 8.70. The lowest BCUT2D eigenvalue weighted by atomic mass is 9.92. The second-order valence-corrected chi connectivity index (χ2v) is 7.00. The predicted octanol–water partition coefficient (Wildman–Crippen LogP) is 3.20. The molecular formula is C15H18ClF2IN2O2. The van der Waals surface area contributed by atoms with Crippen molar-refractivity contribution in [2.24, 2.45) is 5.92 Å². The van der Waals surface area contributed by atoms with Crippen molar-refractivity contribution in [3.8, 4) is 5.75 Å². The Morgan fingerprint density at radius 3 is 2.91 bits per heavy atom. The summed E-state index contributed by atoms with van der Waals surface area (Å²) in [5.41, 5.74) is 0.559. The lowest BCUT2D eigenvalue weighted by molar-refractivity contribution is -0.155. The van der Waals surface area contributed by atoms with Crippen molar-refractivity contribution in [3.63, 3.8) is 0 Å². The molecule has 1 unspecified atom stereocenters. The van der Waals surface area contributed by atoms with Gasteiger partial charge in [0.05, 0.1) is 12.1 Å². The highest BCUT2D eigenvalue weighted by Gasteiger charge is 2.47. The van der Waals surface area contributed by atoms with E-state index in [2.05, 4.69) is 10.6 Å². The molecule has 1 aromatic carbocycles. The van der Waals surface area contributed by atoms with Crippen molar-refractivity contribution in [2.75, 3.05) is 20.2 Å². The minimum atomic E-state index is -3.40. The highest BCUT2D eigenvalue weighted by molar-refractivity contribution is 14.1. The van der Waals surface area contributed by atoms with Crippen molar-refractivity contribution in [1.82, 2.24) is 10.6 Å². The second-order valence-electron chi connectivity index (χ2n) is 5.43. The third-order valence-corrected chi connectivity index (χ3v) is 5.40. The Labute approximate surface area is 152 Å². The SMILES string of the molecule is COc1cc(I)c(Cl)cc1CNC(=O)C(F)(F)C1CCCNC1. The first-order valence-electron chi connectivity index (χ1n) is 7.25. The molecule has 23 heavy (non-hydrogen) atoms. The fraction of sp³-hybridized carbons (Fsp3) is 0.533. The molecule has 1 heterocycles. The van der Waals surface area contributed by atoms with Crippen LogP contribution >= 0.6 is 34.2 Å². The Balaban J connectivity index is 2.05. The standard InChI is InChI=1S/C15H18ClF2IN2O2/c1-23-13-6-12(19)11(16)5-9(13)7-21-14(22)15(17,18)10-3-2-4-20-8-10/h5-6,10,20H,2-4,7-8H2,1H3,(H,21,22). The van der Waals surface area contributed by atoms with Gasteiger partial charge in [-0.2, -0.15) is 8.78 Å². The molecular weight excluding hydrogens is 441 g/mol. The highest BCUT2D eigenvalue weighted by atomic mass is 127. The van der Waals surface area contributed by atoms with Gasteiger partial charge >= 0.3 is 5.92 Å². The van der Waals surface area contributed by atoms with E-state index >= 15 is 0 Å². The van der Waals surface area contributed by atoms with Crippen LogP contribution < -0.4 is 15.4 Å². The number of methoxy groups -OCH3 is 1. The molecule has 8 heteroatoms. The van der Waals surface area contributed by atoms with E-state index in [-0.39, 0.29) is 13.1 Å². The number of benzene rings is 1. The number of rotatable bonds is 5. The molecule has 0 saturated carbocycles. The van der Waals surface area contributed by atoms with Gasteiger partial charge in [-0.25, -0.2) is 0 Å². The van der Waals surface area contributed by atoms with Gasteiger partial charge in [-0.3, -0.25) is 4.79 Å². The summed E-state index contributed by atoms with van der Waals surface area (Å²) in [4.78, 5) is 11.9. The van der Waals surface area contributed by atoms with Gasteiger partial charge in [-0.15, -0.1) is 0 Å². The predicted molar refractivity (Wildman–Crippen MR) is 93.1 cm³/mol. The van der Waals surface area contributed by atoms with Gasteiger partial charge in [0, 0.05) is 28.1 Å². The Morgan fingerprint density at radius 2 is 2.30 bits per heavy atom. The molecule has 2 rings (SSSR count). The number of carbonyl (C=O) groups is 1. The van der Waals surface area contributed by atoms with Crippen LogP contribution in [0.2, 0.25) is 5.02 Å². The zero-order valence-corrected chi connectivity index (χ0v) is 15.5. The lowest BCUT2D eigenvalue weighted by Gasteiger charge is -2.29. The number of alkyl halides is 2. The molecule has 2 N–H and O–H groups in total. The van der Waals surface area contributed by atoms with E-state index < -0.39 is 17.7 Å². The monoisotopic (exact) mass is 458 g/mol. The van der Waals surface area contributed by atoms with Crippen molar-refractivity contribution < 1.29 is 18.3 Å². The van der Waals surface area contributed by atoms with Crippen LogP contribution in [0.15, 0.2) is 12.1 Å². The summed E-state index contributed by atoms with van der Waals surface area (Å²) in [5.74, 6) is -5.13. The Morgan fingerprint density at radius 1 is 1.57 bits per heavy atom. The number of piperidine rings is 1. The van der Waals surface area contributed by atoms with Gasteiger partial charge in [-0.1, -0.05) is 11.6 Å². The van der Waals surface area contributed by atoms with Crippen molar-refractivity contribution >= 4 is 40.1 Å². The molecule has 1 saturated heterocycles. The van der Waals surface area contributed by atoms with Gasteiger partial charge in [0.15, 0.2) is 0 Å². The molecule has 1 fully saturated rings. The molecule has 128 valence electrons. The maximum atomic E-state index is 14.2. The Kier molecular flexibility index (Phi) is 6.44. The van der Waals surface area contributed by atoms with Gasteiger partial charge in [-0.05, 0) is 54.1 Å². The van der Waals surface area contributed by atoms with E-state index in [0.717, 1.165) is 3.57 Å². The van der Waals surface area contributed by atoms with Crippen molar-refractivity contribution in [2.45, 2.75) is 25.3 Å². The summed E-state index contributed by atoms with van der Waals surface area (Å²) in [5, 5.41) is 5.69. The summed E-state index contributed by atoms with van der Waals surface area (Å²) in [6.45, 7) is 0.806. The summed E-state index contributed by atoms with van der Waals surface area (Å²) >= 11 is 8.09. The van der Waals surface area contributed by atoms with Crippen LogP contribution in [0.25, 0.3) is 0 Å². The number of halogens is 4. The molecule has 0 spiro atoms. The smallest absolute Gasteiger partial charge is 0.328 e. The average Bonchev–Trinajstić information content (AvgIpc) is 2.55. The zero-order chi connectivity index (χ0) is 17.0. The van der Waals surface area contributed by atoms with Crippen molar-refractivity contribution in [1.29, 1.82) is 0 Å². The summed E-state index contributed by atoms with van der Waals surface area (Å²) < 4.78 is 34.4. The van der Waals surface area contributed by atoms with Crippen LogP contribution in [0, 0.1) is 9.49 Å². The molecule has 1 atom stereocenters. The molecule has 1 aliphatic rings. The van der Waals surface area contributed by atoms with Crippen molar-refractivity contribution in [3.05, 3.63) is 26.3 Å². The minimum absolute atomic E-state index is 0.0611. The third-order valence-electron chi connectivity index (χ3n) is 3.88. The first-order chi connectivity index (χ1) is 10.9. The first kappa shape index (κ1) is 18.7. The summed E-state index contributed by atoms with van der Waals surface area (Å²) in [6.07, 6.45) is 0.986. The Hall–Kier alpha value is -0.670. The van der Waals surface area contributed by atoms with E-state index in [0.29, 0.717) is 35.7 Å². The van der Waals surface area contributed by atoms with Crippen LogP contribution in [0.4, 0.5) is 8.78 Å². The average molecular weight is 459 g/mol. The topological polar surface area (TPSA) is 50.4 Å². The number of nitrogens with one attached hydrogen (secondary N) is 2. The van der Waals surface area contributed by atoms with E-state index in [9.17, 15) is 13.6 Å². The minimum Gasteiger partial charge on any atom is -0.496 e. The van der Waals surface area contributed by atoms with Crippen LogP contribution in [0.3, 0.4) is 0 Å². The molecule has 4 nitrogen and oxygen atoms in total. The van der Waals surface area contributed by atoms with Crippen LogP contribution in [0.1, 0.15) is 18.4 Å². The maximum absolute atomic E-state index is 14.2. The molecule has 0 aromatic heterocycles. The van der Waals surface area contributed by atoms with Crippen LogP contribution in [0.5, 0.6) is 5.75 Å². The van der Waals surface area contributed by atoms with E-state index in [1.54, 1.807) is 12.1 Å². The third kappa shape index (κ3) is 4.45. The number of carbonyl (C=O) groups excluding carboxylic acids is 1. The maximum Gasteiger partial charge on any atom is 0.328 e. The van der Waals surface area contributed by atoms with Gasteiger partial charge in [0.1, 0.15) is 5.75 Å². The van der Waals surface area contributed by atoms with E-state index in [4.69, 9.17) is 16.3 Å². The lowest BCUT2D eigenvalue weighted by Crippen LogP contribution is -2.50. The van der Waals surface area contributed by atoms with Gasteiger partial charge < -0.3 is 15.4 Å². The molecule has 0 bridgehead atoms. The molecule has 0 radical (unpaired) electrons. The second kappa shape index (κ2) is 7.94.